The van der Waals surface area contributed by atoms with Crippen LogP contribution in [-0.4, -0.2) is 58.0 Å². The number of hydrogen-bond donors (Lipinski definition) is 0. The molecule has 0 spiro atoms. The number of piperazine rings is 1. The number of ketones is 1. The van der Waals surface area contributed by atoms with Gasteiger partial charge in [-0.1, -0.05) is 40.2 Å². The first-order valence-electron chi connectivity index (χ1n) is 13.0. The molecule has 2 aliphatic rings. The molecule has 206 valence electrons. The second-order valence-electron chi connectivity index (χ2n) is 11.1. The lowest BCUT2D eigenvalue weighted by Crippen LogP contribution is -2.56. The van der Waals surface area contributed by atoms with Crippen molar-refractivity contribution in [1.82, 2.24) is 14.9 Å². The highest BCUT2D eigenvalue weighted by atomic mass is 79.9. The van der Waals surface area contributed by atoms with Crippen LogP contribution in [-0.2, 0) is 17.6 Å². The van der Waals surface area contributed by atoms with Gasteiger partial charge in [-0.3, -0.25) is 4.79 Å². The molecule has 4 rings (SSSR count). The molecule has 10 heteroatoms. The number of aromatic nitrogens is 2. The van der Waals surface area contributed by atoms with Gasteiger partial charge >= 0.3 is 6.09 Å². The van der Waals surface area contributed by atoms with Crippen LogP contribution in [0.1, 0.15) is 61.6 Å². The number of amides is 1. The monoisotopic (exact) mass is 613 g/mol. The van der Waals surface area contributed by atoms with E-state index in [-0.39, 0.29) is 17.5 Å². The Morgan fingerprint density at radius 2 is 2.08 bits per heavy atom. The van der Waals surface area contributed by atoms with Gasteiger partial charge in [0.25, 0.3) is 0 Å². The fraction of sp³-hybridized carbons (Fsp3) is 0.483. The van der Waals surface area contributed by atoms with Crippen molar-refractivity contribution in [3.05, 3.63) is 63.5 Å². The summed E-state index contributed by atoms with van der Waals surface area (Å²) >= 11 is 10.0. The molecule has 1 amide bonds. The van der Waals surface area contributed by atoms with E-state index in [1.54, 1.807) is 11.0 Å². The summed E-state index contributed by atoms with van der Waals surface area (Å²) in [7, 11) is 0. The van der Waals surface area contributed by atoms with Gasteiger partial charge in [-0.25, -0.2) is 14.8 Å². The quantitative estimate of drug-likeness (QED) is 0.284. The van der Waals surface area contributed by atoms with Gasteiger partial charge in [0.2, 0.25) is 5.28 Å². The molecule has 1 aliphatic carbocycles. The lowest BCUT2D eigenvalue weighted by atomic mass is 9.66. The Morgan fingerprint density at radius 3 is 2.74 bits per heavy atom. The van der Waals surface area contributed by atoms with Crippen molar-refractivity contribution in [3.8, 4) is 6.07 Å². The van der Waals surface area contributed by atoms with Crippen LogP contribution in [0.4, 0.5) is 10.6 Å². The molecule has 0 radical (unpaired) electrons. The van der Waals surface area contributed by atoms with Crippen LogP contribution < -0.4 is 4.90 Å². The number of benzene rings is 1. The molecule has 1 fully saturated rings. The first-order valence-corrected chi connectivity index (χ1v) is 14.2. The summed E-state index contributed by atoms with van der Waals surface area (Å²) in [6.45, 7) is 10.6. The van der Waals surface area contributed by atoms with E-state index >= 15 is 0 Å². The zero-order chi connectivity index (χ0) is 28.4. The third-order valence-electron chi connectivity index (χ3n) is 7.27. The topological polar surface area (TPSA) is 99.4 Å². The van der Waals surface area contributed by atoms with Crippen LogP contribution in [0.3, 0.4) is 0 Å². The molecule has 0 unspecified atom stereocenters. The van der Waals surface area contributed by atoms with Gasteiger partial charge in [0.15, 0.2) is 5.78 Å². The number of allylic oxidation sites excluding steroid dienone is 1. The average Bonchev–Trinajstić information content (AvgIpc) is 2.87. The molecule has 2 atom stereocenters. The molecule has 2 aromatic rings. The Hall–Kier alpha value is -2.96. The van der Waals surface area contributed by atoms with Crippen molar-refractivity contribution < 1.29 is 14.3 Å². The smallest absolute Gasteiger partial charge is 0.410 e. The number of ether oxygens (including phenoxy) is 1. The number of hydrogen-bond acceptors (Lipinski definition) is 7. The van der Waals surface area contributed by atoms with E-state index in [9.17, 15) is 14.9 Å². The van der Waals surface area contributed by atoms with Crippen LogP contribution >= 0.6 is 27.5 Å². The van der Waals surface area contributed by atoms with Gasteiger partial charge in [-0.2, -0.15) is 5.26 Å². The normalized spacial score (nSPS) is 21.2. The van der Waals surface area contributed by atoms with Crippen LogP contribution in [0.2, 0.25) is 5.28 Å². The molecule has 0 bridgehead atoms. The summed E-state index contributed by atoms with van der Waals surface area (Å²) in [6, 6.07) is 9.71. The van der Waals surface area contributed by atoms with E-state index in [4.69, 9.17) is 16.3 Å². The maximum Gasteiger partial charge on any atom is 0.410 e. The third-order valence-corrected chi connectivity index (χ3v) is 8.21. The van der Waals surface area contributed by atoms with Gasteiger partial charge in [-0.05, 0) is 69.7 Å². The predicted molar refractivity (Wildman–Crippen MR) is 154 cm³/mol. The van der Waals surface area contributed by atoms with Crippen molar-refractivity contribution >= 4 is 45.2 Å². The molecular weight excluding hydrogens is 582 g/mol. The molecule has 1 aliphatic heterocycles. The molecule has 2 heterocycles. The summed E-state index contributed by atoms with van der Waals surface area (Å²) in [5, 5.41) is 9.48. The molecule has 1 saturated heterocycles. The fourth-order valence-corrected chi connectivity index (χ4v) is 6.05. The Labute approximate surface area is 243 Å². The van der Waals surface area contributed by atoms with Gasteiger partial charge < -0.3 is 14.5 Å². The van der Waals surface area contributed by atoms with Crippen LogP contribution in [0.15, 0.2) is 41.4 Å². The van der Waals surface area contributed by atoms with Gasteiger partial charge in [0, 0.05) is 35.1 Å². The summed E-state index contributed by atoms with van der Waals surface area (Å²) < 4.78 is 6.54. The number of fused-ring (bicyclic) bond motifs is 1. The summed E-state index contributed by atoms with van der Waals surface area (Å²) in [5.41, 5.74) is 0.827. The van der Waals surface area contributed by atoms with E-state index in [0.717, 1.165) is 15.6 Å². The average molecular weight is 615 g/mol. The molecule has 1 aromatic carbocycles. The number of rotatable bonds is 6. The number of carbonyl (C=O) groups is 2. The summed E-state index contributed by atoms with van der Waals surface area (Å²) in [5.74, 6) is 0.532. The molecule has 39 heavy (non-hydrogen) atoms. The number of Topliss-reactive ketones (excluding diaryl/α,β-unsaturated/α-hetero) is 1. The minimum Gasteiger partial charge on any atom is -0.444 e. The molecule has 8 nitrogen and oxygen atoms in total. The Balaban J connectivity index is 1.65. The highest BCUT2D eigenvalue weighted by Gasteiger charge is 2.45. The van der Waals surface area contributed by atoms with E-state index < -0.39 is 23.2 Å². The molecular formula is C29H33BrClN5O3. The number of halogens is 2. The van der Waals surface area contributed by atoms with Crippen LogP contribution in [0, 0.1) is 16.7 Å². The van der Waals surface area contributed by atoms with Gasteiger partial charge in [-0.15, -0.1) is 6.58 Å². The summed E-state index contributed by atoms with van der Waals surface area (Å²) in [4.78, 5) is 39.6. The minimum absolute atomic E-state index is 0.00111. The van der Waals surface area contributed by atoms with E-state index in [1.807, 2.05) is 49.9 Å². The maximum atomic E-state index is 14.1. The van der Waals surface area contributed by atoms with Crippen molar-refractivity contribution in [3.63, 3.8) is 0 Å². The standard InChI is InChI=1S/C29H33BrClN5O3/c1-5-12-29(17-19-8-6-7-9-22(19)30)13-10-21-23(24(29)37)33-26(31)34-25(21)35-15-16-36(20(18-35)11-14-32)27(38)39-28(2,3)4/h5-9,20H,1,10-13,15-18H2,2-4H3/t20-,29+/m0/s1. The van der Waals surface area contributed by atoms with Gasteiger partial charge in [0.05, 0.1) is 18.5 Å². The number of anilines is 1. The van der Waals surface area contributed by atoms with E-state index in [1.165, 1.54) is 0 Å². The molecule has 1 aromatic heterocycles. The number of nitrogens with zero attached hydrogens (tertiary/aromatic N) is 5. The first-order chi connectivity index (χ1) is 18.5. The van der Waals surface area contributed by atoms with Crippen LogP contribution in [0.5, 0.6) is 0 Å². The summed E-state index contributed by atoms with van der Waals surface area (Å²) in [6.07, 6.45) is 3.78. The van der Waals surface area contributed by atoms with Crippen molar-refractivity contribution in [2.24, 2.45) is 5.41 Å². The molecule has 0 N–H and O–H groups in total. The van der Waals surface area contributed by atoms with Crippen LogP contribution in [0.25, 0.3) is 0 Å². The fourth-order valence-electron chi connectivity index (χ4n) is 5.46. The first kappa shape index (κ1) is 29.0. The lowest BCUT2D eigenvalue weighted by Gasteiger charge is -2.43. The number of nitriles is 1. The highest BCUT2D eigenvalue weighted by Crippen LogP contribution is 2.44. The van der Waals surface area contributed by atoms with E-state index in [2.05, 4.69) is 38.5 Å². The van der Waals surface area contributed by atoms with Crippen molar-refractivity contribution in [2.45, 2.75) is 64.5 Å². The van der Waals surface area contributed by atoms with Crippen molar-refractivity contribution in [1.29, 1.82) is 5.26 Å². The third kappa shape index (κ3) is 6.28. The Bertz CT molecular complexity index is 1320. The second kappa shape index (κ2) is 11.6. The zero-order valence-electron chi connectivity index (χ0n) is 22.5. The zero-order valence-corrected chi connectivity index (χ0v) is 24.9. The SMILES string of the molecule is C=CC[C@]1(Cc2ccccc2Br)CCc2c(nc(Cl)nc2N2CCN(C(=O)OC(C)(C)C)[C@@H](CC#N)C2)C1=O. The maximum absolute atomic E-state index is 14.1. The van der Waals surface area contributed by atoms with Crippen molar-refractivity contribution in [2.75, 3.05) is 24.5 Å². The van der Waals surface area contributed by atoms with Gasteiger partial charge in [0.1, 0.15) is 17.1 Å². The highest BCUT2D eigenvalue weighted by molar-refractivity contribution is 9.10. The second-order valence-corrected chi connectivity index (χ2v) is 12.3. The molecule has 0 saturated carbocycles. The minimum atomic E-state index is -0.688. The predicted octanol–water partition coefficient (Wildman–Crippen LogP) is 6.17. The lowest BCUT2D eigenvalue weighted by molar-refractivity contribution is 0.0145. The Morgan fingerprint density at radius 1 is 1.33 bits per heavy atom. The Kier molecular flexibility index (Phi) is 8.67. The largest absolute Gasteiger partial charge is 0.444 e. The number of carbonyl (C=O) groups excluding carboxylic acids is 2. The van der Waals surface area contributed by atoms with E-state index in [0.29, 0.717) is 56.8 Å².